The van der Waals surface area contributed by atoms with Gasteiger partial charge in [0.2, 0.25) is 0 Å². The minimum atomic E-state index is 0.145. The van der Waals surface area contributed by atoms with E-state index < -0.39 is 0 Å². The van der Waals surface area contributed by atoms with Crippen molar-refractivity contribution in [1.82, 2.24) is 14.1 Å². The summed E-state index contributed by atoms with van der Waals surface area (Å²) in [5.41, 5.74) is 8.48. The minimum Gasteiger partial charge on any atom is -0.348 e. The molecule has 0 aliphatic heterocycles. The van der Waals surface area contributed by atoms with Crippen molar-refractivity contribution in [2.75, 3.05) is 0 Å². The van der Waals surface area contributed by atoms with Gasteiger partial charge in [0.15, 0.2) is 0 Å². The Morgan fingerprint density at radius 2 is 2.22 bits per heavy atom. The summed E-state index contributed by atoms with van der Waals surface area (Å²) in [5, 5.41) is 0. The summed E-state index contributed by atoms with van der Waals surface area (Å²) in [4.78, 5) is 4.22. The Balaban J connectivity index is 2.09. The van der Waals surface area contributed by atoms with E-state index in [0.29, 0.717) is 0 Å². The summed E-state index contributed by atoms with van der Waals surface area (Å²) < 4.78 is 4.38. The van der Waals surface area contributed by atoms with Gasteiger partial charge in [-0.25, -0.2) is 4.98 Å². The third-order valence-electron chi connectivity index (χ3n) is 3.25. The maximum atomic E-state index is 6.03. The molecule has 0 aliphatic rings. The van der Waals surface area contributed by atoms with Crippen molar-refractivity contribution in [2.24, 2.45) is 5.73 Å². The van der Waals surface area contributed by atoms with E-state index in [1.165, 1.54) is 11.3 Å². The van der Waals surface area contributed by atoms with Crippen LogP contribution in [0.25, 0.3) is 0 Å². The van der Waals surface area contributed by atoms with Gasteiger partial charge >= 0.3 is 0 Å². The second-order valence-electron chi connectivity index (χ2n) is 4.71. The number of aromatic nitrogens is 3. The molecule has 18 heavy (non-hydrogen) atoms. The lowest BCUT2D eigenvalue weighted by atomic mass is 10.1. The summed E-state index contributed by atoms with van der Waals surface area (Å²) in [6.07, 6.45) is 10.2. The van der Waals surface area contributed by atoms with Crippen molar-refractivity contribution in [3.63, 3.8) is 0 Å². The van der Waals surface area contributed by atoms with Crippen LogP contribution in [0.4, 0.5) is 0 Å². The first-order valence-corrected chi connectivity index (χ1v) is 6.64. The number of nitrogens with two attached hydrogens (primary N) is 1. The molecule has 0 saturated heterocycles. The van der Waals surface area contributed by atoms with Crippen LogP contribution in [0.1, 0.15) is 44.0 Å². The van der Waals surface area contributed by atoms with E-state index in [0.717, 1.165) is 25.9 Å². The molecule has 0 saturated carbocycles. The van der Waals surface area contributed by atoms with Crippen LogP contribution in [0.15, 0.2) is 31.0 Å². The monoisotopic (exact) mass is 246 g/mol. The number of hydrogen-bond donors (Lipinski definition) is 1. The van der Waals surface area contributed by atoms with Gasteiger partial charge in [-0.3, -0.25) is 0 Å². The summed E-state index contributed by atoms with van der Waals surface area (Å²) in [7, 11) is 0. The van der Waals surface area contributed by atoms with E-state index in [4.69, 9.17) is 5.73 Å². The topological polar surface area (TPSA) is 48.8 Å². The van der Waals surface area contributed by atoms with Gasteiger partial charge in [0.05, 0.1) is 18.6 Å². The maximum Gasteiger partial charge on any atom is 0.0948 e. The average Bonchev–Trinajstić information content (AvgIpc) is 3.00. The first kappa shape index (κ1) is 12.9. The van der Waals surface area contributed by atoms with Gasteiger partial charge in [-0.2, -0.15) is 0 Å². The third kappa shape index (κ3) is 2.82. The van der Waals surface area contributed by atoms with Gasteiger partial charge in [0.25, 0.3) is 0 Å². The highest BCUT2D eigenvalue weighted by Crippen LogP contribution is 2.15. The van der Waals surface area contributed by atoms with Crippen LogP contribution in [0.3, 0.4) is 0 Å². The van der Waals surface area contributed by atoms with Crippen molar-refractivity contribution in [3.8, 4) is 0 Å². The Labute approximate surface area is 108 Å². The van der Waals surface area contributed by atoms with Crippen LogP contribution < -0.4 is 5.73 Å². The Morgan fingerprint density at radius 3 is 2.94 bits per heavy atom. The molecule has 2 N–H and O–H groups in total. The smallest absolute Gasteiger partial charge is 0.0948 e. The second-order valence-corrected chi connectivity index (χ2v) is 4.71. The number of aryl methyl sites for hydroxylation is 1. The van der Waals surface area contributed by atoms with Gasteiger partial charge in [-0.15, -0.1) is 0 Å². The SMILES string of the molecule is CCCn1cncc1Cn1ccc(C(N)CC)c1. The van der Waals surface area contributed by atoms with Crippen LogP contribution in [-0.4, -0.2) is 14.1 Å². The van der Waals surface area contributed by atoms with Crippen molar-refractivity contribution < 1.29 is 0 Å². The normalized spacial score (nSPS) is 12.8. The lowest BCUT2D eigenvalue weighted by Gasteiger charge is -2.08. The van der Waals surface area contributed by atoms with E-state index >= 15 is 0 Å². The Kier molecular flexibility index (Phi) is 4.20. The molecule has 1 atom stereocenters. The quantitative estimate of drug-likeness (QED) is 0.851. The van der Waals surface area contributed by atoms with E-state index in [-0.39, 0.29) is 6.04 Å². The Bertz CT molecular complexity index is 483. The van der Waals surface area contributed by atoms with Gasteiger partial charge in [-0.1, -0.05) is 13.8 Å². The van der Waals surface area contributed by atoms with Gasteiger partial charge in [0, 0.05) is 31.2 Å². The number of hydrogen-bond acceptors (Lipinski definition) is 2. The first-order chi connectivity index (χ1) is 8.74. The van der Waals surface area contributed by atoms with Gasteiger partial charge in [0.1, 0.15) is 0 Å². The van der Waals surface area contributed by atoms with Crippen molar-refractivity contribution in [2.45, 2.75) is 45.8 Å². The number of nitrogens with zero attached hydrogens (tertiary/aromatic N) is 3. The average molecular weight is 246 g/mol. The fraction of sp³-hybridized carbons (Fsp3) is 0.500. The van der Waals surface area contributed by atoms with Crippen LogP contribution >= 0.6 is 0 Å². The summed E-state index contributed by atoms with van der Waals surface area (Å²) in [6, 6.07) is 2.25. The predicted octanol–water partition coefficient (Wildman–Crippen LogP) is 2.55. The highest BCUT2D eigenvalue weighted by atomic mass is 15.1. The highest BCUT2D eigenvalue weighted by Gasteiger charge is 2.07. The molecule has 2 aromatic heterocycles. The molecule has 0 aromatic carbocycles. The zero-order valence-corrected chi connectivity index (χ0v) is 11.2. The lowest BCUT2D eigenvalue weighted by molar-refractivity contribution is 0.622. The molecule has 4 heteroatoms. The Hall–Kier alpha value is -1.55. The summed E-state index contributed by atoms with van der Waals surface area (Å²) in [6.45, 7) is 6.17. The molecular weight excluding hydrogens is 224 g/mol. The van der Waals surface area contributed by atoms with Crippen molar-refractivity contribution >= 4 is 0 Å². The standard InChI is InChI=1S/C14H22N4/c1-3-6-18-11-16-8-13(18)10-17-7-5-12(9-17)14(15)4-2/h5,7-9,11,14H,3-4,6,10,15H2,1-2H3. The van der Waals surface area contributed by atoms with Crippen LogP contribution in [0.2, 0.25) is 0 Å². The largest absolute Gasteiger partial charge is 0.348 e. The summed E-state index contributed by atoms with van der Waals surface area (Å²) in [5.74, 6) is 0. The molecule has 98 valence electrons. The van der Waals surface area contributed by atoms with Gasteiger partial charge < -0.3 is 14.9 Å². The fourth-order valence-corrected chi connectivity index (χ4v) is 2.12. The molecule has 0 aliphatic carbocycles. The van der Waals surface area contributed by atoms with Crippen molar-refractivity contribution in [3.05, 3.63) is 42.2 Å². The number of imidazole rings is 1. The van der Waals surface area contributed by atoms with Crippen LogP contribution in [0.5, 0.6) is 0 Å². The van der Waals surface area contributed by atoms with Crippen molar-refractivity contribution in [1.29, 1.82) is 0 Å². The zero-order chi connectivity index (χ0) is 13.0. The highest BCUT2D eigenvalue weighted by molar-refractivity contribution is 5.16. The molecule has 0 amide bonds. The molecule has 0 radical (unpaired) electrons. The Morgan fingerprint density at radius 1 is 1.39 bits per heavy atom. The maximum absolute atomic E-state index is 6.03. The molecule has 2 rings (SSSR count). The molecule has 2 heterocycles. The predicted molar refractivity (Wildman–Crippen MR) is 73.3 cm³/mol. The van der Waals surface area contributed by atoms with Crippen LogP contribution in [0, 0.1) is 0 Å². The van der Waals surface area contributed by atoms with E-state index in [9.17, 15) is 0 Å². The lowest BCUT2D eigenvalue weighted by Crippen LogP contribution is -2.08. The molecule has 0 spiro atoms. The minimum absolute atomic E-state index is 0.145. The molecule has 0 fully saturated rings. The fourth-order valence-electron chi connectivity index (χ4n) is 2.12. The second kappa shape index (κ2) is 5.87. The van der Waals surface area contributed by atoms with Crippen LogP contribution in [-0.2, 0) is 13.1 Å². The van der Waals surface area contributed by atoms with Gasteiger partial charge in [-0.05, 0) is 24.5 Å². The molecule has 1 unspecified atom stereocenters. The molecule has 2 aromatic rings. The van der Waals surface area contributed by atoms with E-state index in [1.54, 1.807) is 0 Å². The van der Waals surface area contributed by atoms with E-state index in [1.807, 2.05) is 12.5 Å². The molecule has 4 nitrogen and oxygen atoms in total. The molecule has 0 bridgehead atoms. The third-order valence-corrected chi connectivity index (χ3v) is 3.25. The van der Waals surface area contributed by atoms with E-state index in [2.05, 4.69) is 46.4 Å². The summed E-state index contributed by atoms with van der Waals surface area (Å²) >= 11 is 0. The first-order valence-electron chi connectivity index (χ1n) is 6.64. The molecular formula is C14H22N4. The zero-order valence-electron chi connectivity index (χ0n) is 11.2. The number of rotatable bonds is 6.